The molecule has 0 fully saturated rings. The van der Waals surface area contributed by atoms with E-state index in [1.807, 2.05) is 61.8 Å². The number of nitrogens with zero attached hydrogens (tertiary/aromatic N) is 2. The van der Waals surface area contributed by atoms with Crippen molar-refractivity contribution in [3.05, 3.63) is 76.4 Å². The van der Waals surface area contributed by atoms with Crippen molar-refractivity contribution in [2.75, 3.05) is 5.32 Å². The summed E-state index contributed by atoms with van der Waals surface area (Å²) >= 11 is 6.04. The summed E-state index contributed by atoms with van der Waals surface area (Å²) in [4.78, 5) is 12.2. The highest BCUT2D eigenvalue weighted by molar-refractivity contribution is 6.30. The number of hydrogen-bond acceptors (Lipinski definition) is 3. The van der Waals surface area contributed by atoms with Gasteiger partial charge in [0, 0.05) is 35.5 Å². The second-order valence-corrected chi connectivity index (χ2v) is 6.77. The van der Waals surface area contributed by atoms with Crippen LogP contribution in [0.2, 0.25) is 5.02 Å². The van der Waals surface area contributed by atoms with E-state index in [-0.39, 0.29) is 11.8 Å². The molecule has 26 heavy (non-hydrogen) atoms. The van der Waals surface area contributed by atoms with Gasteiger partial charge in [-0.1, -0.05) is 41.9 Å². The van der Waals surface area contributed by atoms with Crippen molar-refractivity contribution >= 4 is 23.3 Å². The Morgan fingerprint density at radius 2 is 2.08 bits per heavy atom. The number of aryl methyl sites for hydroxylation is 1. The lowest BCUT2D eigenvalue weighted by atomic mass is 9.87. The van der Waals surface area contributed by atoms with Gasteiger partial charge >= 0.3 is 0 Å². The lowest BCUT2D eigenvalue weighted by Crippen LogP contribution is -2.24. The van der Waals surface area contributed by atoms with E-state index in [2.05, 4.69) is 10.4 Å². The van der Waals surface area contributed by atoms with Crippen molar-refractivity contribution in [3.8, 4) is 5.75 Å². The number of rotatable bonds is 4. The highest BCUT2D eigenvalue weighted by Gasteiger charge is 2.31. The van der Waals surface area contributed by atoms with Crippen molar-refractivity contribution in [1.29, 1.82) is 0 Å². The molecule has 2 aromatic carbocycles. The summed E-state index contributed by atoms with van der Waals surface area (Å²) in [6, 6.07) is 15.4. The molecule has 6 heteroatoms. The van der Waals surface area contributed by atoms with Gasteiger partial charge in [0.05, 0.1) is 6.20 Å². The van der Waals surface area contributed by atoms with Gasteiger partial charge in [-0.05, 0) is 23.8 Å². The van der Waals surface area contributed by atoms with Crippen LogP contribution in [-0.2, 0) is 18.4 Å². The number of fused-ring (bicyclic) bond motifs is 1. The van der Waals surface area contributed by atoms with E-state index in [0.29, 0.717) is 18.1 Å². The first-order valence-electron chi connectivity index (χ1n) is 8.40. The quantitative estimate of drug-likeness (QED) is 0.754. The Balaban J connectivity index is 1.65. The number of hydrogen-bond donors (Lipinski definition) is 1. The third-order valence-corrected chi connectivity index (χ3v) is 4.80. The maximum absolute atomic E-state index is 12.2. The van der Waals surface area contributed by atoms with Gasteiger partial charge in [-0.25, -0.2) is 0 Å². The SMILES string of the molecule is Cn1ncc2c1NC(=O)CC2c1ccccc1OCc1cccc(Cl)c1. The fourth-order valence-electron chi connectivity index (χ4n) is 3.31. The van der Waals surface area contributed by atoms with Gasteiger partial charge in [-0.2, -0.15) is 5.10 Å². The van der Waals surface area contributed by atoms with Crippen molar-refractivity contribution in [1.82, 2.24) is 9.78 Å². The van der Waals surface area contributed by atoms with Gasteiger partial charge in [-0.3, -0.25) is 9.48 Å². The minimum atomic E-state index is -0.0805. The summed E-state index contributed by atoms with van der Waals surface area (Å²) in [5.74, 6) is 1.41. The highest BCUT2D eigenvalue weighted by atomic mass is 35.5. The third-order valence-electron chi connectivity index (χ3n) is 4.57. The van der Waals surface area contributed by atoms with Crippen LogP contribution in [0.3, 0.4) is 0 Å². The van der Waals surface area contributed by atoms with Crippen molar-refractivity contribution in [2.45, 2.75) is 18.9 Å². The first-order chi connectivity index (χ1) is 12.6. The zero-order chi connectivity index (χ0) is 18.1. The Bertz CT molecular complexity index is 967. The van der Waals surface area contributed by atoms with Crippen LogP contribution in [-0.4, -0.2) is 15.7 Å². The number of nitrogens with one attached hydrogen (secondary N) is 1. The van der Waals surface area contributed by atoms with Gasteiger partial charge < -0.3 is 10.1 Å². The van der Waals surface area contributed by atoms with Crippen LogP contribution >= 0.6 is 11.6 Å². The minimum absolute atomic E-state index is 0.0178. The molecular formula is C20H18ClN3O2. The van der Waals surface area contributed by atoms with E-state index in [0.717, 1.165) is 28.3 Å². The van der Waals surface area contributed by atoms with Gasteiger partial charge in [-0.15, -0.1) is 0 Å². The lowest BCUT2D eigenvalue weighted by Gasteiger charge is -2.25. The molecule has 4 rings (SSSR count). The second-order valence-electron chi connectivity index (χ2n) is 6.33. The molecule has 0 saturated carbocycles. The number of halogens is 1. The predicted octanol–water partition coefficient (Wildman–Crippen LogP) is 4.13. The van der Waals surface area contributed by atoms with E-state index >= 15 is 0 Å². The molecule has 1 aromatic heterocycles. The van der Waals surface area contributed by atoms with Gasteiger partial charge in [0.1, 0.15) is 18.2 Å². The van der Waals surface area contributed by atoms with Crippen LogP contribution < -0.4 is 10.1 Å². The first kappa shape index (κ1) is 16.7. The lowest BCUT2D eigenvalue weighted by molar-refractivity contribution is -0.116. The van der Waals surface area contributed by atoms with Crippen LogP contribution in [0.4, 0.5) is 5.82 Å². The molecule has 1 aliphatic rings. The number of ether oxygens (including phenoxy) is 1. The summed E-state index contributed by atoms with van der Waals surface area (Å²) in [7, 11) is 1.82. The average molecular weight is 368 g/mol. The van der Waals surface area contributed by atoms with Crippen molar-refractivity contribution < 1.29 is 9.53 Å². The number of amides is 1. The van der Waals surface area contributed by atoms with Crippen LogP contribution in [0.25, 0.3) is 0 Å². The average Bonchev–Trinajstić information content (AvgIpc) is 3.01. The van der Waals surface area contributed by atoms with E-state index in [4.69, 9.17) is 16.3 Å². The Morgan fingerprint density at radius 1 is 1.23 bits per heavy atom. The number of carbonyl (C=O) groups is 1. The van der Waals surface area contributed by atoms with Gasteiger partial charge in [0.15, 0.2) is 0 Å². The smallest absolute Gasteiger partial charge is 0.226 e. The fraction of sp³-hybridized carbons (Fsp3) is 0.200. The van der Waals surface area contributed by atoms with E-state index < -0.39 is 0 Å². The monoisotopic (exact) mass is 367 g/mol. The maximum Gasteiger partial charge on any atom is 0.226 e. The molecule has 1 aliphatic heterocycles. The fourth-order valence-corrected chi connectivity index (χ4v) is 3.52. The molecule has 1 N–H and O–H groups in total. The van der Waals surface area contributed by atoms with Crippen molar-refractivity contribution in [2.24, 2.45) is 7.05 Å². The zero-order valence-electron chi connectivity index (χ0n) is 14.3. The molecule has 1 amide bonds. The minimum Gasteiger partial charge on any atom is -0.489 e. The normalized spacial score (nSPS) is 16.1. The molecule has 5 nitrogen and oxygen atoms in total. The van der Waals surface area contributed by atoms with Crippen molar-refractivity contribution in [3.63, 3.8) is 0 Å². The number of benzene rings is 2. The number of aromatic nitrogens is 2. The molecule has 1 unspecified atom stereocenters. The Hall–Kier alpha value is -2.79. The summed E-state index contributed by atoms with van der Waals surface area (Å²) < 4.78 is 7.76. The summed E-state index contributed by atoms with van der Waals surface area (Å²) in [5.41, 5.74) is 2.99. The molecule has 2 heterocycles. The molecule has 1 atom stereocenters. The standard InChI is InChI=1S/C20H18ClN3O2/c1-24-20-17(11-22-24)16(10-19(25)23-20)15-7-2-3-8-18(15)26-12-13-5-4-6-14(21)9-13/h2-9,11,16H,10,12H2,1H3,(H,23,25). The zero-order valence-corrected chi connectivity index (χ0v) is 15.0. The number of para-hydroxylation sites is 1. The predicted molar refractivity (Wildman–Crippen MR) is 101 cm³/mol. The van der Waals surface area contributed by atoms with Crippen LogP contribution in [0.1, 0.15) is 29.0 Å². The Kier molecular flexibility index (Phi) is 4.39. The molecule has 0 aliphatic carbocycles. The van der Waals surface area contributed by atoms with E-state index in [1.54, 1.807) is 4.68 Å². The molecule has 0 bridgehead atoms. The summed E-state index contributed by atoms with van der Waals surface area (Å²) in [5, 5.41) is 7.87. The largest absolute Gasteiger partial charge is 0.489 e. The molecule has 0 saturated heterocycles. The van der Waals surface area contributed by atoms with Crippen LogP contribution in [0, 0.1) is 0 Å². The van der Waals surface area contributed by atoms with E-state index in [1.165, 1.54) is 0 Å². The van der Waals surface area contributed by atoms with E-state index in [9.17, 15) is 4.79 Å². The third kappa shape index (κ3) is 3.18. The number of carbonyl (C=O) groups excluding carboxylic acids is 1. The topological polar surface area (TPSA) is 56.2 Å². The number of anilines is 1. The van der Waals surface area contributed by atoms with Gasteiger partial charge in [0.2, 0.25) is 5.91 Å². The van der Waals surface area contributed by atoms with Crippen LogP contribution in [0.5, 0.6) is 5.75 Å². The van der Waals surface area contributed by atoms with Crippen LogP contribution in [0.15, 0.2) is 54.7 Å². The maximum atomic E-state index is 12.2. The van der Waals surface area contributed by atoms with Gasteiger partial charge in [0.25, 0.3) is 0 Å². The molecule has 0 spiro atoms. The Labute approximate surface area is 156 Å². The Morgan fingerprint density at radius 3 is 2.92 bits per heavy atom. The molecular weight excluding hydrogens is 350 g/mol. The molecule has 132 valence electrons. The second kappa shape index (κ2) is 6.84. The molecule has 3 aromatic rings. The first-order valence-corrected chi connectivity index (χ1v) is 8.77. The summed E-state index contributed by atoms with van der Waals surface area (Å²) in [6.07, 6.45) is 2.18. The summed E-state index contributed by atoms with van der Waals surface area (Å²) in [6.45, 7) is 0.413. The molecule has 0 radical (unpaired) electrons. The highest BCUT2D eigenvalue weighted by Crippen LogP contribution is 2.40.